The zero-order valence-corrected chi connectivity index (χ0v) is 16.2. The molecule has 0 bridgehead atoms. The summed E-state index contributed by atoms with van der Waals surface area (Å²) in [5.41, 5.74) is 0.552. The fourth-order valence-corrected chi connectivity index (χ4v) is 4.42. The minimum atomic E-state index is -0.346. The van der Waals surface area contributed by atoms with Gasteiger partial charge < -0.3 is 19.5 Å². The number of amides is 1. The molecular weight excluding hydrogens is 348 g/mol. The maximum atomic E-state index is 12.8. The maximum Gasteiger partial charge on any atom is 0.323 e. The van der Waals surface area contributed by atoms with Crippen molar-refractivity contribution in [2.75, 3.05) is 33.2 Å². The van der Waals surface area contributed by atoms with E-state index in [0.29, 0.717) is 23.1 Å². The first-order chi connectivity index (χ1) is 13.1. The summed E-state index contributed by atoms with van der Waals surface area (Å²) in [7, 11) is 4.53. The van der Waals surface area contributed by atoms with E-state index >= 15 is 0 Å². The Labute approximate surface area is 160 Å². The van der Waals surface area contributed by atoms with Gasteiger partial charge in [0.1, 0.15) is 17.5 Å². The van der Waals surface area contributed by atoms with Crippen molar-refractivity contribution in [2.24, 2.45) is 5.92 Å². The molecule has 0 radical (unpaired) electrons. The number of hydrogen-bond donors (Lipinski definition) is 1. The van der Waals surface area contributed by atoms with Crippen LogP contribution in [0.15, 0.2) is 18.2 Å². The molecule has 1 saturated carbocycles. The second kappa shape index (κ2) is 8.61. The monoisotopic (exact) mass is 376 g/mol. The first-order valence-electron chi connectivity index (χ1n) is 9.42. The molecule has 1 saturated heterocycles. The Hall–Kier alpha value is -2.28. The Kier molecular flexibility index (Phi) is 6.21. The molecule has 1 amide bonds. The molecule has 1 N–H and O–H groups in total. The lowest BCUT2D eigenvalue weighted by atomic mass is 9.85. The van der Waals surface area contributed by atoms with E-state index in [-0.39, 0.29) is 30.5 Å². The van der Waals surface area contributed by atoms with Gasteiger partial charge in [-0.3, -0.25) is 14.5 Å². The Morgan fingerprint density at radius 1 is 1.15 bits per heavy atom. The molecule has 7 heteroatoms. The quantitative estimate of drug-likeness (QED) is 0.769. The molecule has 7 nitrogen and oxygen atoms in total. The lowest BCUT2D eigenvalue weighted by Gasteiger charge is -2.32. The summed E-state index contributed by atoms with van der Waals surface area (Å²) in [6, 6.07) is 5.16. The number of esters is 1. The minimum Gasteiger partial charge on any atom is -0.497 e. The first-order valence-corrected chi connectivity index (χ1v) is 9.42. The van der Waals surface area contributed by atoms with Gasteiger partial charge >= 0.3 is 5.97 Å². The molecule has 0 aromatic heterocycles. The van der Waals surface area contributed by atoms with E-state index in [1.165, 1.54) is 13.5 Å². The molecule has 1 heterocycles. The average Bonchev–Trinajstić information content (AvgIpc) is 3.05. The van der Waals surface area contributed by atoms with Crippen LogP contribution in [0.4, 0.5) is 5.69 Å². The Balaban J connectivity index is 1.74. The third-order valence-corrected chi connectivity index (χ3v) is 5.70. The van der Waals surface area contributed by atoms with Crippen LogP contribution in [0.2, 0.25) is 0 Å². The number of fused-ring (bicyclic) bond motifs is 1. The fourth-order valence-electron chi connectivity index (χ4n) is 4.42. The summed E-state index contributed by atoms with van der Waals surface area (Å²) in [6.45, 7) is 0.154. The number of carbonyl (C=O) groups excluding carboxylic acids is 2. The zero-order valence-electron chi connectivity index (χ0n) is 16.2. The van der Waals surface area contributed by atoms with Crippen molar-refractivity contribution in [1.82, 2.24) is 4.90 Å². The van der Waals surface area contributed by atoms with Gasteiger partial charge in [0.2, 0.25) is 5.91 Å². The Morgan fingerprint density at radius 3 is 2.63 bits per heavy atom. The molecule has 1 aromatic rings. The average molecular weight is 376 g/mol. The van der Waals surface area contributed by atoms with Crippen LogP contribution >= 0.6 is 0 Å². The zero-order chi connectivity index (χ0) is 19.4. The highest BCUT2D eigenvalue weighted by atomic mass is 16.5. The van der Waals surface area contributed by atoms with Gasteiger partial charge in [-0.15, -0.1) is 0 Å². The van der Waals surface area contributed by atoms with E-state index in [1.54, 1.807) is 32.4 Å². The predicted molar refractivity (Wildman–Crippen MR) is 101 cm³/mol. The van der Waals surface area contributed by atoms with E-state index < -0.39 is 0 Å². The number of rotatable bonds is 6. The van der Waals surface area contributed by atoms with Gasteiger partial charge in [0.25, 0.3) is 0 Å². The van der Waals surface area contributed by atoms with Crippen molar-refractivity contribution in [1.29, 1.82) is 0 Å². The lowest BCUT2D eigenvalue weighted by Crippen LogP contribution is -2.46. The SMILES string of the molecule is COC(=O)[C@@H]1C[C@@H]2CCCC[C@H]2N1CC(=O)Nc1cc(OC)ccc1OC. The van der Waals surface area contributed by atoms with E-state index in [0.717, 1.165) is 25.7 Å². The van der Waals surface area contributed by atoms with E-state index in [9.17, 15) is 9.59 Å². The fraction of sp³-hybridized carbons (Fsp3) is 0.600. The molecular formula is C20H28N2O5. The number of ether oxygens (including phenoxy) is 3. The summed E-state index contributed by atoms with van der Waals surface area (Å²) in [5, 5.41) is 2.90. The smallest absolute Gasteiger partial charge is 0.323 e. The molecule has 3 rings (SSSR count). The van der Waals surface area contributed by atoms with Crippen LogP contribution in [0.25, 0.3) is 0 Å². The number of methoxy groups -OCH3 is 3. The normalized spacial score (nSPS) is 24.8. The number of nitrogens with one attached hydrogen (secondary N) is 1. The van der Waals surface area contributed by atoms with Crippen LogP contribution in [0.1, 0.15) is 32.1 Å². The van der Waals surface area contributed by atoms with Crippen molar-refractivity contribution in [2.45, 2.75) is 44.2 Å². The van der Waals surface area contributed by atoms with Gasteiger partial charge in [-0.1, -0.05) is 12.8 Å². The highest BCUT2D eigenvalue weighted by Crippen LogP contribution is 2.40. The van der Waals surface area contributed by atoms with E-state index in [1.807, 2.05) is 4.90 Å². The predicted octanol–water partition coefficient (Wildman–Crippen LogP) is 2.45. The highest BCUT2D eigenvalue weighted by Gasteiger charge is 2.46. The number of nitrogens with zero attached hydrogens (tertiary/aromatic N) is 1. The maximum absolute atomic E-state index is 12.8. The summed E-state index contributed by atoms with van der Waals surface area (Å²) < 4.78 is 15.5. The summed E-state index contributed by atoms with van der Waals surface area (Å²) in [4.78, 5) is 27.1. The molecule has 0 unspecified atom stereocenters. The van der Waals surface area contributed by atoms with Gasteiger partial charge in [-0.25, -0.2) is 0 Å². The molecule has 1 aliphatic heterocycles. The van der Waals surface area contributed by atoms with Gasteiger partial charge in [0.15, 0.2) is 0 Å². The van der Waals surface area contributed by atoms with Crippen molar-refractivity contribution < 1.29 is 23.8 Å². The van der Waals surface area contributed by atoms with Crippen molar-refractivity contribution >= 4 is 17.6 Å². The molecule has 1 aliphatic carbocycles. The van der Waals surface area contributed by atoms with Crippen LogP contribution in [0, 0.1) is 5.92 Å². The summed E-state index contributed by atoms with van der Waals surface area (Å²) in [6.07, 6.45) is 5.23. The van der Waals surface area contributed by atoms with Crippen LogP contribution in [0.3, 0.4) is 0 Å². The number of benzene rings is 1. The Morgan fingerprint density at radius 2 is 1.93 bits per heavy atom. The number of carbonyl (C=O) groups is 2. The number of hydrogen-bond acceptors (Lipinski definition) is 6. The second-order valence-corrected chi connectivity index (χ2v) is 7.17. The standard InChI is InChI=1S/C20H28N2O5/c1-25-14-8-9-18(26-2)15(11-14)21-19(23)12-22-16-7-5-4-6-13(16)10-17(22)20(24)27-3/h8-9,11,13,16-17H,4-7,10,12H2,1-3H3,(H,21,23)/t13-,16+,17-/m0/s1. The number of anilines is 1. The van der Waals surface area contributed by atoms with Crippen molar-refractivity contribution in [3.05, 3.63) is 18.2 Å². The summed E-state index contributed by atoms with van der Waals surface area (Å²) in [5.74, 6) is 1.22. The van der Waals surface area contributed by atoms with Gasteiger partial charge in [-0.2, -0.15) is 0 Å². The topological polar surface area (TPSA) is 77.1 Å². The minimum absolute atomic E-state index is 0.154. The molecule has 1 aromatic carbocycles. The molecule has 2 aliphatic rings. The van der Waals surface area contributed by atoms with E-state index in [4.69, 9.17) is 14.2 Å². The van der Waals surface area contributed by atoms with E-state index in [2.05, 4.69) is 5.32 Å². The molecule has 2 fully saturated rings. The van der Waals surface area contributed by atoms with Crippen LogP contribution in [-0.4, -0.2) is 56.7 Å². The third-order valence-electron chi connectivity index (χ3n) is 5.70. The number of likely N-dealkylation sites (tertiary alicyclic amines) is 1. The molecule has 3 atom stereocenters. The lowest BCUT2D eigenvalue weighted by molar-refractivity contribution is -0.146. The first kappa shape index (κ1) is 19.5. The van der Waals surface area contributed by atoms with Gasteiger partial charge in [-0.05, 0) is 37.3 Å². The Bertz CT molecular complexity index is 693. The van der Waals surface area contributed by atoms with Gasteiger partial charge in [0, 0.05) is 12.1 Å². The van der Waals surface area contributed by atoms with Crippen molar-refractivity contribution in [3.63, 3.8) is 0 Å². The second-order valence-electron chi connectivity index (χ2n) is 7.17. The summed E-state index contributed by atoms with van der Waals surface area (Å²) >= 11 is 0. The van der Waals surface area contributed by atoms with Crippen LogP contribution < -0.4 is 14.8 Å². The largest absolute Gasteiger partial charge is 0.497 e. The third kappa shape index (κ3) is 4.18. The van der Waals surface area contributed by atoms with Crippen LogP contribution in [0.5, 0.6) is 11.5 Å². The molecule has 27 heavy (non-hydrogen) atoms. The van der Waals surface area contributed by atoms with Crippen LogP contribution in [-0.2, 0) is 14.3 Å². The molecule has 0 spiro atoms. The highest BCUT2D eigenvalue weighted by molar-refractivity contribution is 5.94. The van der Waals surface area contributed by atoms with Crippen molar-refractivity contribution in [3.8, 4) is 11.5 Å². The molecule has 148 valence electrons. The van der Waals surface area contributed by atoms with Gasteiger partial charge in [0.05, 0.1) is 33.6 Å².